The van der Waals surface area contributed by atoms with E-state index in [4.69, 9.17) is 11.0 Å². The Morgan fingerprint density at radius 3 is 2.35 bits per heavy atom. The van der Waals surface area contributed by atoms with Crippen LogP contribution in [0.1, 0.15) is 107 Å². The van der Waals surface area contributed by atoms with Crippen molar-refractivity contribution in [1.29, 1.82) is 0 Å². The van der Waals surface area contributed by atoms with E-state index in [2.05, 4.69) is 93.6 Å². The summed E-state index contributed by atoms with van der Waals surface area (Å²) in [5, 5.41) is 0.255. The van der Waals surface area contributed by atoms with E-state index in [0.717, 1.165) is 23.7 Å². The van der Waals surface area contributed by atoms with Crippen molar-refractivity contribution in [3.8, 4) is 0 Å². The van der Waals surface area contributed by atoms with E-state index in [1.807, 2.05) is 0 Å². The van der Waals surface area contributed by atoms with Crippen LogP contribution in [0.25, 0.3) is 0 Å². The molecule has 4 aliphatic rings. The van der Waals surface area contributed by atoms with Gasteiger partial charge < -0.3 is 4.43 Å². The predicted octanol–water partition coefficient (Wildman–Crippen LogP) is 10.6. The maximum Gasteiger partial charge on any atom is 0.192 e. The maximum atomic E-state index is 6.93. The molecule has 9 atom stereocenters. The van der Waals surface area contributed by atoms with Gasteiger partial charge in [-0.2, -0.15) is 0 Å². The molecule has 0 bridgehead atoms. The molecule has 4 fully saturated rings. The van der Waals surface area contributed by atoms with Gasteiger partial charge in [0.1, 0.15) is 0 Å². The van der Waals surface area contributed by atoms with Crippen LogP contribution in [0.15, 0.2) is 36.0 Å². The van der Waals surface area contributed by atoms with Crippen LogP contribution < -0.4 is 0 Å². The van der Waals surface area contributed by atoms with Crippen LogP contribution in [-0.4, -0.2) is 14.4 Å². The fraction of sp³-hybridized carbons (Fsp3) is 0.829. The molecule has 2 heteroatoms. The van der Waals surface area contributed by atoms with Gasteiger partial charge in [0.05, 0.1) is 6.10 Å². The maximum absolute atomic E-state index is 6.93. The third-order valence-electron chi connectivity index (χ3n) is 12.6. The highest BCUT2D eigenvalue weighted by Gasteiger charge is 2.65. The van der Waals surface area contributed by atoms with Gasteiger partial charge in [0.2, 0.25) is 0 Å². The fourth-order valence-corrected chi connectivity index (χ4v) is 9.86. The van der Waals surface area contributed by atoms with Crippen LogP contribution in [0.5, 0.6) is 0 Å². The zero-order valence-electron chi connectivity index (χ0n) is 26.4. The molecule has 0 spiro atoms. The van der Waals surface area contributed by atoms with E-state index in [0.29, 0.717) is 28.6 Å². The Kier molecular flexibility index (Phi) is 8.02. The van der Waals surface area contributed by atoms with Gasteiger partial charge in [-0.15, -0.1) is 0 Å². The number of hydrogen-bond donors (Lipinski definition) is 0. The summed E-state index contributed by atoms with van der Waals surface area (Å²) in [5.74, 6) is 5.08. The number of hydrogen-bond acceptors (Lipinski definition) is 1. The van der Waals surface area contributed by atoms with Crippen LogP contribution in [-0.2, 0) is 4.43 Å². The summed E-state index contributed by atoms with van der Waals surface area (Å²) in [6.45, 7) is 31.3. The molecule has 0 aromatic rings. The molecular formula is C35H60OSi. The second-order valence-corrected chi connectivity index (χ2v) is 20.8. The second-order valence-electron chi connectivity index (χ2n) is 16.0. The number of allylic oxidation sites excluding steroid dienone is 4. The second kappa shape index (κ2) is 10.1. The summed E-state index contributed by atoms with van der Waals surface area (Å²) in [4.78, 5) is 0. The Labute approximate surface area is 232 Å². The van der Waals surface area contributed by atoms with Crippen LogP contribution in [0.4, 0.5) is 0 Å². The Hall–Kier alpha value is -0.603. The van der Waals surface area contributed by atoms with E-state index in [9.17, 15) is 0 Å². The van der Waals surface area contributed by atoms with Gasteiger partial charge in [-0.1, -0.05) is 92.7 Å². The highest BCUT2D eigenvalue weighted by Crippen LogP contribution is 2.71. The molecule has 4 aliphatic carbocycles. The van der Waals surface area contributed by atoms with Crippen molar-refractivity contribution in [2.45, 2.75) is 131 Å². The van der Waals surface area contributed by atoms with Crippen molar-refractivity contribution in [1.82, 2.24) is 0 Å². The first-order valence-corrected chi connectivity index (χ1v) is 18.7. The van der Waals surface area contributed by atoms with Crippen LogP contribution >= 0.6 is 0 Å². The normalized spacial score (nSPS) is 39.8. The molecule has 0 radical (unpaired) electrons. The number of rotatable bonds is 8. The van der Waals surface area contributed by atoms with Crippen molar-refractivity contribution in [3.05, 3.63) is 36.0 Å². The molecule has 0 aliphatic heterocycles. The fourth-order valence-electron chi connectivity index (χ4n) is 8.56. The molecular weight excluding hydrogens is 464 g/mol. The van der Waals surface area contributed by atoms with Gasteiger partial charge in [0, 0.05) is 5.41 Å². The minimum atomic E-state index is -1.78. The molecule has 1 nitrogen and oxygen atoms in total. The monoisotopic (exact) mass is 524 g/mol. The molecule has 37 heavy (non-hydrogen) atoms. The molecule has 0 saturated heterocycles. The van der Waals surface area contributed by atoms with Crippen molar-refractivity contribution in [2.24, 2.45) is 52.3 Å². The van der Waals surface area contributed by atoms with Gasteiger partial charge in [-0.3, -0.25) is 0 Å². The van der Waals surface area contributed by atoms with Gasteiger partial charge in [0.25, 0.3) is 0 Å². The first kappa shape index (κ1) is 29.4. The summed E-state index contributed by atoms with van der Waals surface area (Å²) >= 11 is 0. The summed E-state index contributed by atoms with van der Waals surface area (Å²) in [7, 11) is -1.78. The SMILES string of the molecule is C=C1[C@@H](O[Si](C)(C)C(C)(C)C)CC2C[C@]12C(C)/C=C1\CCC[C@]2(C)[C@@H]([C@H](C)/C=C/[C@H](C)C(C)C)CC[C@@H]12. The summed E-state index contributed by atoms with van der Waals surface area (Å²) in [6, 6.07) is 0. The minimum absolute atomic E-state index is 0.255. The summed E-state index contributed by atoms with van der Waals surface area (Å²) in [6.07, 6.45) is 17.6. The third-order valence-corrected chi connectivity index (χ3v) is 17.1. The molecule has 2 unspecified atom stereocenters. The highest BCUT2D eigenvalue weighted by molar-refractivity contribution is 6.74. The molecule has 4 rings (SSSR count). The largest absolute Gasteiger partial charge is 0.410 e. The lowest BCUT2D eigenvalue weighted by atomic mass is 9.60. The summed E-state index contributed by atoms with van der Waals surface area (Å²) in [5.41, 5.74) is 4.02. The lowest BCUT2D eigenvalue weighted by Crippen LogP contribution is -2.44. The molecule has 0 aromatic heterocycles. The first-order chi connectivity index (χ1) is 17.0. The van der Waals surface area contributed by atoms with Gasteiger partial charge in [0.15, 0.2) is 8.32 Å². The third kappa shape index (κ3) is 5.17. The quantitative estimate of drug-likeness (QED) is 0.226. The summed E-state index contributed by atoms with van der Waals surface area (Å²) < 4.78 is 6.93. The van der Waals surface area contributed by atoms with Crippen LogP contribution in [0.3, 0.4) is 0 Å². The Bertz CT molecular complexity index is 918. The Balaban J connectivity index is 1.48. The zero-order valence-corrected chi connectivity index (χ0v) is 27.4. The van der Waals surface area contributed by atoms with Gasteiger partial charge in [-0.05, 0) is 115 Å². The topological polar surface area (TPSA) is 9.23 Å². The molecule has 0 aromatic carbocycles. The highest BCUT2D eigenvalue weighted by atomic mass is 28.4. The van der Waals surface area contributed by atoms with E-state index < -0.39 is 8.32 Å². The standard InChI is InChI=1S/C35H60OSi/c1-23(2)24(3)15-16-25(4)30-17-18-31-28(14-13-19-34(30,31)10)20-26(5)35-22-29(35)21-32(27(35)6)36-37(11,12)33(7,8)9/h15-16,20,23-26,29-32H,6,13-14,17-19,21-22H2,1-5,7-12H3/b16-15+,28-20+/t24-,25+,26?,29?,30+,31-,32-,34+,35-/m0/s1. The predicted molar refractivity (Wildman–Crippen MR) is 164 cm³/mol. The van der Waals surface area contributed by atoms with Gasteiger partial charge >= 0.3 is 0 Å². The van der Waals surface area contributed by atoms with Crippen LogP contribution in [0.2, 0.25) is 18.1 Å². The molecule has 0 N–H and O–H groups in total. The lowest BCUT2D eigenvalue weighted by molar-refractivity contribution is 0.111. The lowest BCUT2D eigenvalue weighted by Gasteiger charge is -2.44. The van der Waals surface area contributed by atoms with Crippen molar-refractivity contribution in [2.75, 3.05) is 0 Å². The average molecular weight is 525 g/mol. The van der Waals surface area contributed by atoms with Crippen LogP contribution in [0, 0.1) is 52.3 Å². The van der Waals surface area contributed by atoms with Crippen molar-refractivity contribution < 1.29 is 4.43 Å². The van der Waals surface area contributed by atoms with Crippen molar-refractivity contribution >= 4 is 8.32 Å². The van der Waals surface area contributed by atoms with E-state index in [1.165, 1.54) is 50.5 Å². The zero-order chi connectivity index (χ0) is 27.6. The molecule has 0 amide bonds. The van der Waals surface area contributed by atoms with Gasteiger partial charge in [-0.25, -0.2) is 0 Å². The average Bonchev–Trinajstić information content (AvgIpc) is 3.31. The van der Waals surface area contributed by atoms with E-state index in [-0.39, 0.29) is 11.1 Å². The Morgan fingerprint density at radius 1 is 1.05 bits per heavy atom. The minimum Gasteiger partial charge on any atom is -0.410 e. The molecule has 4 saturated carbocycles. The Morgan fingerprint density at radius 2 is 1.73 bits per heavy atom. The number of fused-ring (bicyclic) bond motifs is 2. The molecule has 0 heterocycles. The smallest absolute Gasteiger partial charge is 0.192 e. The van der Waals surface area contributed by atoms with E-state index in [1.54, 1.807) is 5.57 Å². The first-order valence-electron chi connectivity index (χ1n) is 15.8. The van der Waals surface area contributed by atoms with E-state index >= 15 is 0 Å². The van der Waals surface area contributed by atoms with Crippen molar-refractivity contribution in [3.63, 3.8) is 0 Å². The molecule has 210 valence electrons.